The first kappa shape index (κ1) is 22.1. The van der Waals surface area contributed by atoms with E-state index in [0.717, 1.165) is 5.56 Å². The molecule has 0 unspecified atom stereocenters. The molecule has 0 aromatic heterocycles. The van der Waals surface area contributed by atoms with Gasteiger partial charge >= 0.3 is 0 Å². The van der Waals surface area contributed by atoms with Gasteiger partial charge in [-0.15, -0.1) is 0 Å². The molecule has 8 heteroatoms. The van der Waals surface area contributed by atoms with Crippen molar-refractivity contribution in [3.63, 3.8) is 0 Å². The fourth-order valence-electron chi connectivity index (χ4n) is 4.68. The monoisotopic (exact) mass is 444 g/mol. The number of ether oxygens (including phenoxy) is 1. The third-order valence-electron chi connectivity index (χ3n) is 6.13. The van der Waals surface area contributed by atoms with Crippen LogP contribution in [0.1, 0.15) is 38.2 Å². The van der Waals surface area contributed by atoms with Crippen LogP contribution in [0, 0.1) is 26.9 Å². The number of carbonyl (C=O) groups excluding carboxylic acids is 1. The number of ketones is 1. The number of nitriles is 1. The molecule has 1 aliphatic carbocycles. The van der Waals surface area contributed by atoms with Crippen molar-refractivity contribution in [3.05, 3.63) is 86.9 Å². The van der Waals surface area contributed by atoms with Gasteiger partial charge in [0.2, 0.25) is 0 Å². The van der Waals surface area contributed by atoms with Gasteiger partial charge in [-0.2, -0.15) is 5.26 Å². The van der Waals surface area contributed by atoms with Gasteiger partial charge in [-0.1, -0.05) is 32.0 Å². The second-order valence-electron chi connectivity index (χ2n) is 9.03. The van der Waals surface area contributed by atoms with Gasteiger partial charge in [0, 0.05) is 29.8 Å². The Morgan fingerprint density at radius 3 is 2.52 bits per heavy atom. The Morgan fingerprint density at radius 2 is 1.91 bits per heavy atom. The third-order valence-corrected chi connectivity index (χ3v) is 6.13. The Hall–Kier alpha value is -4.12. The van der Waals surface area contributed by atoms with E-state index in [1.807, 2.05) is 26.0 Å². The minimum Gasteiger partial charge on any atom is -0.497 e. The van der Waals surface area contributed by atoms with Crippen LogP contribution in [-0.4, -0.2) is 17.8 Å². The van der Waals surface area contributed by atoms with E-state index in [2.05, 4.69) is 6.07 Å². The molecule has 8 nitrogen and oxygen atoms in total. The predicted octanol–water partition coefficient (Wildman–Crippen LogP) is 4.54. The SMILES string of the molecule is COc1ccc([C@@H]2C(C#N)=C(N)N(c3cccc([N+](=O)[O-])c3)C3=C2C(=O)CC(C)(C)C3)cc1. The van der Waals surface area contributed by atoms with Gasteiger partial charge < -0.3 is 10.5 Å². The molecule has 0 saturated carbocycles. The van der Waals surface area contributed by atoms with Crippen LogP contribution in [0.4, 0.5) is 11.4 Å². The number of hydrogen-bond donors (Lipinski definition) is 1. The van der Waals surface area contributed by atoms with Crippen LogP contribution in [-0.2, 0) is 4.79 Å². The van der Waals surface area contributed by atoms with E-state index in [1.165, 1.54) is 12.1 Å². The lowest BCUT2D eigenvalue weighted by molar-refractivity contribution is -0.384. The molecule has 0 amide bonds. The van der Waals surface area contributed by atoms with E-state index in [1.54, 1.807) is 36.3 Å². The second kappa shape index (κ2) is 8.10. The highest BCUT2D eigenvalue weighted by molar-refractivity contribution is 6.01. The number of nitrogens with zero attached hydrogens (tertiary/aromatic N) is 3. The van der Waals surface area contributed by atoms with Crippen LogP contribution in [0.3, 0.4) is 0 Å². The van der Waals surface area contributed by atoms with Gasteiger partial charge in [-0.25, -0.2) is 0 Å². The van der Waals surface area contributed by atoms with Crippen molar-refractivity contribution in [2.75, 3.05) is 12.0 Å². The van der Waals surface area contributed by atoms with Crippen molar-refractivity contribution in [1.82, 2.24) is 0 Å². The summed E-state index contributed by atoms with van der Waals surface area (Å²) in [5.74, 6) is 0.156. The topological polar surface area (TPSA) is 122 Å². The number of rotatable bonds is 4. The smallest absolute Gasteiger partial charge is 0.271 e. The van der Waals surface area contributed by atoms with Crippen LogP contribution >= 0.6 is 0 Å². The van der Waals surface area contributed by atoms with Crippen molar-refractivity contribution in [2.24, 2.45) is 11.1 Å². The second-order valence-corrected chi connectivity index (χ2v) is 9.03. The molecule has 4 rings (SSSR count). The van der Waals surface area contributed by atoms with E-state index < -0.39 is 10.8 Å². The molecule has 2 aromatic carbocycles. The predicted molar refractivity (Wildman–Crippen MR) is 123 cm³/mol. The Bertz CT molecular complexity index is 1250. The Kier molecular flexibility index (Phi) is 5.42. The van der Waals surface area contributed by atoms with Crippen molar-refractivity contribution < 1.29 is 14.5 Å². The van der Waals surface area contributed by atoms with Gasteiger partial charge in [0.25, 0.3) is 5.69 Å². The Morgan fingerprint density at radius 1 is 1.21 bits per heavy atom. The summed E-state index contributed by atoms with van der Waals surface area (Å²) in [5.41, 5.74) is 8.76. The number of Topliss-reactive ketones (excluding diaryl/α,β-unsaturated/α-hetero) is 1. The van der Waals surface area contributed by atoms with Crippen molar-refractivity contribution >= 4 is 17.2 Å². The maximum Gasteiger partial charge on any atom is 0.271 e. The Balaban J connectivity index is 1.97. The normalized spacial score (nSPS) is 19.8. The summed E-state index contributed by atoms with van der Waals surface area (Å²) in [4.78, 5) is 26.0. The van der Waals surface area contributed by atoms with Gasteiger partial charge in [0.05, 0.1) is 35.3 Å². The van der Waals surface area contributed by atoms with Crippen LogP contribution in [0.5, 0.6) is 5.75 Å². The highest BCUT2D eigenvalue weighted by atomic mass is 16.6. The lowest BCUT2D eigenvalue weighted by atomic mass is 9.68. The number of benzene rings is 2. The molecule has 1 aliphatic heterocycles. The summed E-state index contributed by atoms with van der Waals surface area (Å²) in [6.07, 6.45) is 0.864. The number of carbonyl (C=O) groups is 1. The molecule has 0 fully saturated rings. The number of non-ortho nitro benzene ring substituents is 1. The van der Waals surface area contributed by atoms with Crippen LogP contribution in [0.15, 0.2) is 71.2 Å². The molecule has 2 aliphatic rings. The number of anilines is 1. The number of hydrogen-bond acceptors (Lipinski definition) is 7. The zero-order valence-electron chi connectivity index (χ0n) is 18.7. The van der Waals surface area contributed by atoms with Crippen molar-refractivity contribution in [2.45, 2.75) is 32.6 Å². The lowest BCUT2D eigenvalue weighted by Crippen LogP contribution is -2.42. The molecule has 33 heavy (non-hydrogen) atoms. The molecule has 1 atom stereocenters. The molecule has 2 aromatic rings. The van der Waals surface area contributed by atoms with Crippen LogP contribution in [0.2, 0.25) is 0 Å². The largest absolute Gasteiger partial charge is 0.497 e. The number of methoxy groups -OCH3 is 1. The number of nitrogens with two attached hydrogens (primary N) is 1. The van der Waals surface area contributed by atoms with Gasteiger partial charge in [0.15, 0.2) is 5.78 Å². The van der Waals surface area contributed by atoms with E-state index in [4.69, 9.17) is 10.5 Å². The zero-order chi connectivity index (χ0) is 23.9. The molecule has 168 valence electrons. The lowest BCUT2D eigenvalue weighted by Gasteiger charge is -2.43. The van der Waals surface area contributed by atoms with Crippen LogP contribution in [0.25, 0.3) is 0 Å². The summed E-state index contributed by atoms with van der Waals surface area (Å²) in [6.45, 7) is 4.00. The first-order valence-electron chi connectivity index (χ1n) is 10.5. The molecule has 0 spiro atoms. The highest BCUT2D eigenvalue weighted by Crippen LogP contribution is 2.50. The fourth-order valence-corrected chi connectivity index (χ4v) is 4.68. The van der Waals surface area contributed by atoms with Gasteiger partial charge in [-0.3, -0.25) is 19.8 Å². The quantitative estimate of drug-likeness (QED) is 0.542. The van der Waals surface area contributed by atoms with Crippen LogP contribution < -0.4 is 15.4 Å². The summed E-state index contributed by atoms with van der Waals surface area (Å²) in [6, 6.07) is 15.5. The number of allylic oxidation sites excluding steroid dienone is 3. The molecule has 2 N–H and O–H groups in total. The standard InChI is InChI=1S/C25H24N4O4/c1-25(2)12-20-23(21(30)13-25)22(15-7-9-18(33-3)10-8-15)19(14-26)24(27)28(20)16-5-4-6-17(11-16)29(31)32/h4-11,22H,12-13,27H2,1-3H3/t22-/m1/s1. The number of nitro benzene ring substituents is 1. The maximum absolute atomic E-state index is 13.5. The highest BCUT2D eigenvalue weighted by Gasteiger charge is 2.44. The van der Waals surface area contributed by atoms with Crippen molar-refractivity contribution in [1.29, 1.82) is 5.26 Å². The maximum atomic E-state index is 13.5. The van der Waals surface area contributed by atoms with Gasteiger partial charge in [0.1, 0.15) is 11.6 Å². The van der Waals surface area contributed by atoms with E-state index in [-0.39, 0.29) is 28.3 Å². The molecular formula is C25H24N4O4. The third kappa shape index (κ3) is 3.82. The Labute approximate surface area is 191 Å². The molecule has 0 saturated heterocycles. The summed E-state index contributed by atoms with van der Waals surface area (Å²) in [7, 11) is 1.57. The molecular weight excluding hydrogens is 420 g/mol. The fraction of sp³-hybridized carbons (Fsp3) is 0.280. The minimum atomic E-state index is -0.616. The van der Waals surface area contributed by atoms with E-state index in [0.29, 0.717) is 35.5 Å². The zero-order valence-corrected chi connectivity index (χ0v) is 18.7. The summed E-state index contributed by atoms with van der Waals surface area (Å²) in [5, 5.41) is 21.5. The molecule has 0 radical (unpaired) electrons. The number of nitro groups is 1. The molecule has 1 heterocycles. The van der Waals surface area contributed by atoms with E-state index >= 15 is 0 Å². The minimum absolute atomic E-state index is 0.0576. The first-order valence-corrected chi connectivity index (χ1v) is 10.5. The average molecular weight is 444 g/mol. The summed E-state index contributed by atoms with van der Waals surface area (Å²) >= 11 is 0. The van der Waals surface area contributed by atoms with E-state index in [9.17, 15) is 20.2 Å². The van der Waals surface area contributed by atoms with Gasteiger partial charge in [-0.05, 0) is 35.6 Å². The summed E-state index contributed by atoms with van der Waals surface area (Å²) < 4.78 is 5.25. The van der Waals surface area contributed by atoms with Crippen molar-refractivity contribution in [3.8, 4) is 11.8 Å². The average Bonchev–Trinajstić information content (AvgIpc) is 2.77. The first-order chi connectivity index (χ1) is 15.7. The molecule has 0 bridgehead atoms.